The van der Waals surface area contributed by atoms with Crippen molar-refractivity contribution >= 4 is 33.2 Å². The van der Waals surface area contributed by atoms with Crippen LogP contribution in [0.2, 0.25) is 0 Å². The van der Waals surface area contributed by atoms with Crippen molar-refractivity contribution in [2.45, 2.75) is 51.5 Å². The van der Waals surface area contributed by atoms with E-state index >= 15 is 0 Å². The molecule has 3 N–H and O–H groups in total. The van der Waals surface area contributed by atoms with Crippen molar-refractivity contribution in [3.05, 3.63) is 20.8 Å². The molecule has 1 heterocycles. The predicted molar refractivity (Wildman–Crippen MR) is 85.5 cm³/mol. The van der Waals surface area contributed by atoms with Gasteiger partial charge in [-0.3, -0.25) is 4.79 Å². The number of carbonyl (C=O) groups is 1. The number of amides is 1. The molecule has 19 heavy (non-hydrogen) atoms. The topological polar surface area (TPSA) is 55.1 Å². The summed E-state index contributed by atoms with van der Waals surface area (Å²) < 4.78 is 1.14. The Labute approximate surface area is 128 Å². The van der Waals surface area contributed by atoms with Gasteiger partial charge in [-0.15, -0.1) is 11.3 Å². The minimum Gasteiger partial charge on any atom is -0.349 e. The lowest BCUT2D eigenvalue weighted by Gasteiger charge is -2.31. The summed E-state index contributed by atoms with van der Waals surface area (Å²) in [6.45, 7) is 4.64. The third kappa shape index (κ3) is 5.24. The fourth-order valence-corrected chi connectivity index (χ4v) is 3.56. The second-order valence-electron chi connectivity index (χ2n) is 4.80. The Morgan fingerprint density at radius 3 is 2.58 bits per heavy atom. The van der Waals surface area contributed by atoms with Crippen LogP contribution in [-0.4, -0.2) is 18.0 Å². The molecule has 0 saturated heterocycles. The molecular weight excluding hydrogens is 324 g/mol. The SMILES string of the molecule is CCC(CC)(CN)NC(=O)CCCc1ccc(Br)s1. The zero-order valence-electron chi connectivity index (χ0n) is 11.7. The average Bonchev–Trinajstić information content (AvgIpc) is 2.82. The summed E-state index contributed by atoms with van der Waals surface area (Å²) in [7, 11) is 0. The Kier molecular flexibility index (Phi) is 7.04. The monoisotopic (exact) mass is 346 g/mol. The van der Waals surface area contributed by atoms with E-state index in [1.165, 1.54) is 4.88 Å². The lowest BCUT2D eigenvalue weighted by molar-refractivity contribution is -0.123. The van der Waals surface area contributed by atoms with Gasteiger partial charge in [0.1, 0.15) is 0 Å². The van der Waals surface area contributed by atoms with E-state index in [0.29, 0.717) is 13.0 Å². The first-order valence-corrected chi connectivity index (χ1v) is 8.41. The maximum absolute atomic E-state index is 12.0. The van der Waals surface area contributed by atoms with Crippen molar-refractivity contribution in [1.29, 1.82) is 0 Å². The lowest BCUT2D eigenvalue weighted by atomic mass is 9.92. The van der Waals surface area contributed by atoms with E-state index in [1.54, 1.807) is 11.3 Å². The quantitative estimate of drug-likeness (QED) is 0.757. The summed E-state index contributed by atoms with van der Waals surface area (Å²) in [5.74, 6) is 0.116. The van der Waals surface area contributed by atoms with Crippen molar-refractivity contribution < 1.29 is 4.79 Å². The van der Waals surface area contributed by atoms with Crippen LogP contribution >= 0.6 is 27.3 Å². The average molecular weight is 347 g/mol. The van der Waals surface area contributed by atoms with E-state index in [9.17, 15) is 4.79 Å². The normalized spacial score (nSPS) is 11.6. The highest BCUT2D eigenvalue weighted by Gasteiger charge is 2.25. The molecule has 0 aliphatic carbocycles. The molecule has 0 fully saturated rings. The second-order valence-corrected chi connectivity index (χ2v) is 7.35. The zero-order valence-corrected chi connectivity index (χ0v) is 14.1. The molecule has 1 amide bonds. The Balaban J connectivity index is 2.35. The molecule has 0 aliphatic heterocycles. The predicted octanol–water partition coefficient (Wildman–Crippen LogP) is 3.47. The van der Waals surface area contributed by atoms with Crippen molar-refractivity contribution in [3.63, 3.8) is 0 Å². The van der Waals surface area contributed by atoms with Gasteiger partial charge in [0.2, 0.25) is 5.91 Å². The van der Waals surface area contributed by atoms with Gasteiger partial charge in [0.05, 0.1) is 9.33 Å². The van der Waals surface area contributed by atoms with E-state index < -0.39 is 0 Å². The Bertz CT molecular complexity index is 394. The van der Waals surface area contributed by atoms with Gasteiger partial charge in [-0.1, -0.05) is 13.8 Å². The molecule has 1 aromatic rings. The van der Waals surface area contributed by atoms with Crippen LogP contribution in [0.5, 0.6) is 0 Å². The first-order chi connectivity index (χ1) is 9.05. The Hall–Kier alpha value is -0.390. The third-order valence-corrected chi connectivity index (χ3v) is 5.29. The Morgan fingerprint density at radius 1 is 1.42 bits per heavy atom. The Morgan fingerprint density at radius 2 is 2.11 bits per heavy atom. The van der Waals surface area contributed by atoms with Crippen molar-refractivity contribution in [2.24, 2.45) is 5.73 Å². The van der Waals surface area contributed by atoms with E-state index in [2.05, 4.69) is 41.2 Å². The largest absolute Gasteiger partial charge is 0.349 e. The first-order valence-electron chi connectivity index (χ1n) is 6.80. The first kappa shape index (κ1) is 16.7. The van der Waals surface area contributed by atoms with Crippen LogP contribution in [0, 0.1) is 0 Å². The summed E-state index contributed by atoms with van der Waals surface area (Å²) in [5, 5.41) is 3.10. The number of hydrogen-bond acceptors (Lipinski definition) is 3. The number of halogens is 1. The molecule has 0 bridgehead atoms. The van der Waals surface area contributed by atoms with Crippen LogP contribution < -0.4 is 11.1 Å². The molecule has 3 nitrogen and oxygen atoms in total. The number of rotatable bonds is 8. The van der Waals surface area contributed by atoms with Crippen LogP contribution in [-0.2, 0) is 11.2 Å². The summed E-state index contributed by atoms with van der Waals surface area (Å²) in [6, 6.07) is 4.16. The van der Waals surface area contributed by atoms with Gasteiger partial charge in [0.25, 0.3) is 0 Å². The number of nitrogens with two attached hydrogens (primary N) is 1. The molecule has 0 aromatic carbocycles. The molecular formula is C14H23BrN2OS. The van der Waals surface area contributed by atoms with E-state index in [1.807, 2.05) is 6.07 Å². The summed E-state index contributed by atoms with van der Waals surface area (Å²) in [5.41, 5.74) is 5.56. The van der Waals surface area contributed by atoms with Gasteiger partial charge in [-0.05, 0) is 53.7 Å². The molecule has 0 saturated carbocycles. The van der Waals surface area contributed by atoms with Gasteiger partial charge in [-0.2, -0.15) is 0 Å². The summed E-state index contributed by atoms with van der Waals surface area (Å²) in [6.07, 6.45) is 4.16. The maximum atomic E-state index is 12.0. The molecule has 5 heteroatoms. The van der Waals surface area contributed by atoms with Crippen LogP contribution in [0.3, 0.4) is 0 Å². The minimum absolute atomic E-state index is 0.116. The van der Waals surface area contributed by atoms with Crippen LogP contribution in [0.15, 0.2) is 15.9 Å². The highest BCUT2D eigenvalue weighted by molar-refractivity contribution is 9.11. The van der Waals surface area contributed by atoms with Crippen LogP contribution in [0.1, 0.15) is 44.4 Å². The molecule has 0 spiro atoms. The van der Waals surface area contributed by atoms with Crippen molar-refractivity contribution in [1.82, 2.24) is 5.32 Å². The summed E-state index contributed by atoms with van der Waals surface area (Å²) >= 11 is 5.18. The second kappa shape index (κ2) is 8.02. The molecule has 0 atom stereocenters. The fraction of sp³-hybridized carbons (Fsp3) is 0.643. The van der Waals surface area contributed by atoms with Gasteiger partial charge < -0.3 is 11.1 Å². The molecule has 0 aliphatic rings. The third-order valence-electron chi connectivity index (χ3n) is 3.60. The number of thiophene rings is 1. The van der Waals surface area contributed by atoms with E-state index in [0.717, 1.165) is 29.5 Å². The minimum atomic E-state index is -0.219. The molecule has 0 radical (unpaired) electrons. The highest BCUT2D eigenvalue weighted by atomic mass is 79.9. The van der Waals surface area contributed by atoms with Crippen LogP contribution in [0.4, 0.5) is 0 Å². The molecule has 0 unspecified atom stereocenters. The number of aryl methyl sites for hydroxylation is 1. The van der Waals surface area contributed by atoms with Crippen LogP contribution in [0.25, 0.3) is 0 Å². The lowest BCUT2D eigenvalue weighted by Crippen LogP contribution is -2.52. The van der Waals surface area contributed by atoms with Gasteiger partial charge >= 0.3 is 0 Å². The van der Waals surface area contributed by atoms with Gasteiger partial charge in [-0.25, -0.2) is 0 Å². The zero-order chi connectivity index (χ0) is 14.3. The summed E-state index contributed by atoms with van der Waals surface area (Å²) in [4.78, 5) is 13.3. The van der Waals surface area contributed by atoms with E-state index in [4.69, 9.17) is 5.73 Å². The fourth-order valence-electron chi connectivity index (χ4n) is 2.03. The van der Waals surface area contributed by atoms with Crippen molar-refractivity contribution in [3.8, 4) is 0 Å². The van der Waals surface area contributed by atoms with E-state index in [-0.39, 0.29) is 11.4 Å². The smallest absolute Gasteiger partial charge is 0.220 e. The molecule has 1 rings (SSSR count). The number of carbonyl (C=O) groups excluding carboxylic acids is 1. The highest BCUT2D eigenvalue weighted by Crippen LogP contribution is 2.23. The maximum Gasteiger partial charge on any atom is 0.220 e. The molecule has 1 aromatic heterocycles. The standard InChI is InChI=1S/C14H23BrN2OS/c1-3-14(4-2,10-16)17-13(18)7-5-6-11-8-9-12(15)19-11/h8-9H,3-7,10,16H2,1-2H3,(H,17,18). The van der Waals surface area contributed by atoms with Crippen molar-refractivity contribution in [2.75, 3.05) is 6.54 Å². The van der Waals surface area contributed by atoms with Gasteiger partial charge in [0, 0.05) is 17.8 Å². The van der Waals surface area contributed by atoms with Gasteiger partial charge in [0.15, 0.2) is 0 Å². The number of nitrogens with one attached hydrogen (secondary N) is 1. The molecule has 108 valence electrons. The number of hydrogen-bond donors (Lipinski definition) is 2.